The molecule has 0 fully saturated rings. The van der Waals surface area contributed by atoms with Crippen molar-refractivity contribution in [2.75, 3.05) is 6.54 Å². The van der Waals surface area contributed by atoms with Crippen LogP contribution < -0.4 is 16.2 Å². The predicted octanol–water partition coefficient (Wildman–Crippen LogP) is -0.595. The Morgan fingerprint density at radius 1 is 1.43 bits per heavy atom. The molecule has 2 amide bonds. The van der Waals surface area contributed by atoms with Crippen molar-refractivity contribution in [2.45, 2.75) is 39.5 Å². The molecular formula is C16H21N3O4. The number of carbonyl (C=O) groups excluding carboxylic acids is 2. The molecule has 0 unspecified atom stereocenters. The fourth-order valence-electron chi connectivity index (χ4n) is 2.11. The smallest absolute Gasteiger partial charge is 0.263 e. The summed E-state index contributed by atoms with van der Waals surface area (Å²) in [5, 5.41) is 14.4. The average Bonchev–Trinajstić information content (AvgIpc) is 2.50. The van der Waals surface area contributed by atoms with Crippen molar-refractivity contribution in [3.63, 3.8) is 0 Å². The molecule has 0 aliphatic rings. The Morgan fingerprint density at radius 2 is 2.09 bits per heavy atom. The van der Waals surface area contributed by atoms with Crippen LogP contribution in [0.1, 0.15) is 29.9 Å². The molecule has 0 radical (unpaired) electrons. The van der Waals surface area contributed by atoms with Crippen LogP contribution in [0.5, 0.6) is 0 Å². The Balaban J connectivity index is 3.03. The van der Waals surface area contributed by atoms with E-state index in [1.807, 2.05) is 0 Å². The lowest BCUT2D eigenvalue weighted by atomic mass is 10.1. The number of nitrogens with one attached hydrogen (secondary N) is 2. The maximum absolute atomic E-state index is 12.3. The van der Waals surface area contributed by atoms with Crippen LogP contribution in [0, 0.1) is 19.3 Å². The van der Waals surface area contributed by atoms with Crippen LogP contribution in [0.2, 0.25) is 0 Å². The first-order valence-corrected chi connectivity index (χ1v) is 7.24. The van der Waals surface area contributed by atoms with Gasteiger partial charge in [-0.25, -0.2) is 0 Å². The first-order chi connectivity index (χ1) is 10.8. The summed E-state index contributed by atoms with van der Waals surface area (Å²) < 4.78 is 1.45. The predicted molar refractivity (Wildman–Crippen MR) is 85.9 cm³/mol. The summed E-state index contributed by atoms with van der Waals surface area (Å²) in [6, 6.07) is 1.85. The van der Waals surface area contributed by atoms with Crippen molar-refractivity contribution in [3.8, 4) is 12.3 Å². The van der Waals surface area contributed by atoms with Crippen LogP contribution in [0.4, 0.5) is 0 Å². The summed E-state index contributed by atoms with van der Waals surface area (Å²) in [4.78, 5) is 36.5. The molecule has 1 rings (SSSR count). The largest absolute Gasteiger partial charge is 0.391 e. The van der Waals surface area contributed by atoms with Crippen molar-refractivity contribution in [1.29, 1.82) is 0 Å². The number of aliphatic hydroxyl groups is 1. The molecule has 124 valence electrons. The van der Waals surface area contributed by atoms with E-state index in [1.165, 1.54) is 17.6 Å². The van der Waals surface area contributed by atoms with Crippen molar-refractivity contribution in [2.24, 2.45) is 0 Å². The van der Waals surface area contributed by atoms with Crippen molar-refractivity contribution in [3.05, 3.63) is 33.7 Å². The van der Waals surface area contributed by atoms with E-state index in [9.17, 15) is 19.5 Å². The fraction of sp³-hybridized carbons (Fsp3) is 0.438. The number of carbonyl (C=O) groups is 2. The third-order valence-electron chi connectivity index (χ3n) is 3.37. The zero-order valence-corrected chi connectivity index (χ0v) is 13.4. The molecule has 1 aromatic heterocycles. The molecule has 0 spiro atoms. The Hall–Kier alpha value is -2.59. The van der Waals surface area contributed by atoms with E-state index in [-0.39, 0.29) is 12.1 Å². The Bertz CT molecular complexity index is 686. The lowest BCUT2D eigenvalue weighted by molar-refractivity contribution is -0.125. The van der Waals surface area contributed by atoms with Gasteiger partial charge in [0.25, 0.3) is 11.5 Å². The Labute approximate surface area is 134 Å². The van der Waals surface area contributed by atoms with Crippen molar-refractivity contribution >= 4 is 11.8 Å². The van der Waals surface area contributed by atoms with Gasteiger partial charge in [0.15, 0.2) is 0 Å². The van der Waals surface area contributed by atoms with E-state index < -0.39 is 29.5 Å². The highest BCUT2D eigenvalue weighted by molar-refractivity contribution is 5.97. The van der Waals surface area contributed by atoms with Gasteiger partial charge in [-0.1, -0.05) is 5.92 Å². The Morgan fingerprint density at radius 3 is 2.61 bits per heavy atom. The number of rotatable bonds is 6. The molecule has 3 N–H and O–H groups in total. The molecule has 0 aliphatic carbocycles. The van der Waals surface area contributed by atoms with E-state index >= 15 is 0 Å². The van der Waals surface area contributed by atoms with Gasteiger partial charge in [0.05, 0.1) is 12.6 Å². The maximum Gasteiger partial charge on any atom is 0.263 e. The topological polar surface area (TPSA) is 100 Å². The second kappa shape index (κ2) is 8.15. The SMILES string of the molecule is C#CCNC(=O)[C@@H](NC(=O)c1ccc(C)n(CC)c1=O)[C@@H](C)O. The zero-order chi connectivity index (χ0) is 17.6. The molecular weight excluding hydrogens is 298 g/mol. The van der Waals surface area contributed by atoms with Crippen LogP contribution in [-0.4, -0.2) is 40.2 Å². The number of pyridine rings is 1. The molecule has 0 bridgehead atoms. The van der Waals surface area contributed by atoms with Crippen LogP contribution in [0.25, 0.3) is 0 Å². The van der Waals surface area contributed by atoms with Crippen LogP contribution in [0.3, 0.4) is 0 Å². The number of hydrogen-bond donors (Lipinski definition) is 3. The number of aryl methyl sites for hydroxylation is 1. The second-order valence-electron chi connectivity index (χ2n) is 5.05. The summed E-state index contributed by atoms with van der Waals surface area (Å²) in [5.74, 6) is 0.889. The fourth-order valence-corrected chi connectivity index (χ4v) is 2.11. The molecule has 7 nitrogen and oxygen atoms in total. The van der Waals surface area contributed by atoms with Gasteiger partial charge in [0.1, 0.15) is 11.6 Å². The minimum absolute atomic E-state index is 0.0227. The second-order valence-corrected chi connectivity index (χ2v) is 5.05. The highest BCUT2D eigenvalue weighted by Gasteiger charge is 2.26. The van der Waals surface area contributed by atoms with Gasteiger partial charge in [-0.2, -0.15) is 0 Å². The summed E-state index contributed by atoms with van der Waals surface area (Å²) in [7, 11) is 0. The van der Waals surface area contributed by atoms with E-state index in [4.69, 9.17) is 6.42 Å². The minimum atomic E-state index is -1.20. The quantitative estimate of drug-likeness (QED) is 0.610. The first-order valence-electron chi connectivity index (χ1n) is 7.24. The minimum Gasteiger partial charge on any atom is -0.391 e. The van der Waals surface area contributed by atoms with Gasteiger partial charge in [-0.05, 0) is 32.9 Å². The van der Waals surface area contributed by atoms with Gasteiger partial charge in [-0.3, -0.25) is 14.4 Å². The van der Waals surface area contributed by atoms with Gasteiger partial charge >= 0.3 is 0 Å². The molecule has 0 aromatic carbocycles. The van der Waals surface area contributed by atoms with Crippen molar-refractivity contribution in [1.82, 2.24) is 15.2 Å². The number of terminal acetylenes is 1. The first kappa shape index (κ1) is 18.5. The van der Waals surface area contributed by atoms with Gasteiger partial charge in [0, 0.05) is 12.2 Å². The number of aromatic nitrogens is 1. The lowest BCUT2D eigenvalue weighted by Crippen LogP contribution is -2.53. The van der Waals surface area contributed by atoms with Gasteiger partial charge in [-0.15, -0.1) is 6.42 Å². The van der Waals surface area contributed by atoms with Crippen molar-refractivity contribution < 1.29 is 14.7 Å². The normalized spacial score (nSPS) is 12.8. The standard InChI is InChI=1S/C16H21N3O4/c1-5-9-17-15(22)13(11(4)20)18-14(21)12-8-7-10(3)19(6-2)16(12)23/h1,7-8,11,13,20H,6,9H2,2-4H3,(H,17,22)(H,18,21)/t11-,13+/m1/s1. The third-order valence-corrected chi connectivity index (χ3v) is 3.37. The maximum atomic E-state index is 12.3. The number of amides is 2. The third kappa shape index (κ3) is 4.44. The molecule has 1 aromatic rings. The summed E-state index contributed by atoms with van der Waals surface area (Å²) >= 11 is 0. The van der Waals surface area contributed by atoms with Gasteiger partial charge in [0.2, 0.25) is 5.91 Å². The highest BCUT2D eigenvalue weighted by Crippen LogP contribution is 2.01. The number of aliphatic hydroxyl groups excluding tert-OH is 1. The van der Waals surface area contributed by atoms with E-state index in [0.717, 1.165) is 5.69 Å². The Kier molecular flexibility index (Phi) is 6.54. The summed E-state index contributed by atoms with van der Waals surface area (Å²) in [6.07, 6.45) is 3.91. The summed E-state index contributed by atoms with van der Waals surface area (Å²) in [5.41, 5.74) is 0.194. The van der Waals surface area contributed by atoms with Crippen LogP contribution in [-0.2, 0) is 11.3 Å². The number of hydrogen-bond acceptors (Lipinski definition) is 4. The highest BCUT2D eigenvalue weighted by atomic mass is 16.3. The van der Waals surface area contributed by atoms with E-state index in [1.54, 1.807) is 19.9 Å². The number of nitrogens with zero attached hydrogens (tertiary/aromatic N) is 1. The lowest BCUT2D eigenvalue weighted by Gasteiger charge is -2.20. The molecule has 2 atom stereocenters. The van der Waals surface area contributed by atoms with Crippen LogP contribution >= 0.6 is 0 Å². The average molecular weight is 319 g/mol. The molecule has 0 saturated carbocycles. The zero-order valence-electron chi connectivity index (χ0n) is 13.4. The van der Waals surface area contributed by atoms with E-state index in [0.29, 0.717) is 6.54 Å². The van der Waals surface area contributed by atoms with Gasteiger partial charge < -0.3 is 20.3 Å². The molecule has 7 heteroatoms. The van der Waals surface area contributed by atoms with E-state index in [2.05, 4.69) is 16.6 Å². The molecule has 0 aliphatic heterocycles. The van der Waals surface area contributed by atoms with Crippen LogP contribution in [0.15, 0.2) is 16.9 Å². The summed E-state index contributed by atoms with van der Waals surface area (Å²) in [6.45, 7) is 5.32. The molecule has 0 saturated heterocycles. The molecule has 23 heavy (non-hydrogen) atoms. The molecule has 1 heterocycles. The monoisotopic (exact) mass is 319 g/mol.